The van der Waals surface area contributed by atoms with Gasteiger partial charge in [-0.1, -0.05) is 78.9 Å². The van der Waals surface area contributed by atoms with Gasteiger partial charge >= 0.3 is 0 Å². The number of hydrogen-bond acceptors (Lipinski definition) is 7. The van der Waals surface area contributed by atoms with E-state index in [1.165, 1.54) is 0 Å². The van der Waals surface area contributed by atoms with Crippen LogP contribution in [-0.2, 0) is 47.2 Å². The molecule has 2 aliphatic heterocycles. The number of ketones is 1. The summed E-state index contributed by atoms with van der Waals surface area (Å²) in [5.41, 5.74) is 11.4. The Morgan fingerprint density at radius 3 is 2.35 bits per heavy atom. The molecule has 2 aliphatic rings. The van der Waals surface area contributed by atoms with Crippen molar-refractivity contribution in [3.8, 4) is 5.75 Å². The van der Waals surface area contributed by atoms with Crippen molar-refractivity contribution in [3.05, 3.63) is 144 Å². The first kappa shape index (κ1) is 36.2. The molecule has 3 amide bonds. The molecule has 11 heteroatoms. The molecule has 1 aromatic heterocycles. The van der Waals surface area contributed by atoms with Gasteiger partial charge in [-0.15, -0.1) is 6.58 Å². The van der Waals surface area contributed by atoms with E-state index in [-0.39, 0.29) is 74.7 Å². The number of carbonyl (C=O) groups is 4. The highest BCUT2D eigenvalue weighted by molar-refractivity contribution is 6.09. The monoisotopic (exact) mass is 724 g/mol. The maximum atomic E-state index is 14.6. The van der Waals surface area contributed by atoms with E-state index in [2.05, 4.69) is 6.58 Å². The number of piperazine rings is 1. The van der Waals surface area contributed by atoms with Crippen LogP contribution in [0.2, 0.25) is 0 Å². The molecule has 3 heterocycles. The minimum Gasteiger partial charge on any atom is -0.508 e. The van der Waals surface area contributed by atoms with Gasteiger partial charge in [0.05, 0.1) is 18.6 Å². The molecule has 5 aromatic rings. The maximum Gasteiger partial charge on any atom is 0.246 e. The highest BCUT2D eigenvalue weighted by Gasteiger charge is 2.51. The zero-order valence-corrected chi connectivity index (χ0v) is 30.3. The van der Waals surface area contributed by atoms with Crippen LogP contribution in [0.15, 0.2) is 116 Å². The topological polar surface area (TPSA) is 132 Å². The minimum absolute atomic E-state index is 0.0335. The lowest BCUT2D eigenvalue weighted by Crippen LogP contribution is -2.75. The average Bonchev–Trinajstić information content (AvgIpc) is 3.51. The van der Waals surface area contributed by atoms with E-state index >= 15 is 0 Å². The number of aryl methyl sites for hydroxylation is 2. The predicted molar refractivity (Wildman–Crippen MR) is 207 cm³/mol. The first-order chi connectivity index (χ1) is 26.1. The van der Waals surface area contributed by atoms with Gasteiger partial charge in [0.25, 0.3) is 0 Å². The molecule has 2 saturated heterocycles. The molecule has 0 aliphatic carbocycles. The fourth-order valence-electron chi connectivity index (χ4n) is 7.79. The average molecular weight is 725 g/mol. The van der Waals surface area contributed by atoms with Crippen molar-refractivity contribution in [2.75, 3.05) is 25.4 Å². The van der Waals surface area contributed by atoms with Gasteiger partial charge in [-0.25, -0.2) is 10.0 Å². The third-order valence-electron chi connectivity index (χ3n) is 10.4. The quantitative estimate of drug-likeness (QED) is 0.107. The normalized spacial score (nSPS) is 17.5. The van der Waals surface area contributed by atoms with E-state index in [1.54, 1.807) is 62.3 Å². The Morgan fingerprint density at radius 2 is 1.63 bits per heavy atom. The van der Waals surface area contributed by atoms with Gasteiger partial charge in [0.1, 0.15) is 18.0 Å². The number of nitrogens with two attached hydrogens (primary N) is 1. The van der Waals surface area contributed by atoms with Crippen molar-refractivity contribution >= 4 is 40.1 Å². The third-order valence-corrected chi connectivity index (χ3v) is 10.4. The highest BCUT2D eigenvalue weighted by atomic mass is 16.3. The molecular weight excluding hydrogens is 681 g/mol. The molecule has 0 spiro atoms. The zero-order valence-electron chi connectivity index (χ0n) is 30.3. The molecule has 11 nitrogen and oxygen atoms in total. The summed E-state index contributed by atoms with van der Waals surface area (Å²) in [4.78, 5) is 59.8. The van der Waals surface area contributed by atoms with Gasteiger partial charge in [-0.05, 0) is 52.9 Å². The first-order valence-electron chi connectivity index (χ1n) is 18.2. The summed E-state index contributed by atoms with van der Waals surface area (Å²) in [6, 6.07) is 28.5. The molecule has 276 valence electrons. The van der Waals surface area contributed by atoms with Gasteiger partial charge < -0.3 is 25.2 Å². The van der Waals surface area contributed by atoms with E-state index in [4.69, 9.17) is 5.73 Å². The summed E-state index contributed by atoms with van der Waals surface area (Å²) >= 11 is 0. The number of rotatable bonds is 12. The van der Waals surface area contributed by atoms with Crippen molar-refractivity contribution < 1.29 is 24.3 Å². The summed E-state index contributed by atoms with van der Waals surface area (Å²) in [5, 5.41) is 14.1. The van der Waals surface area contributed by atoms with Crippen molar-refractivity contribution in [2.24, 2.45) is 7.05 Å². The van der Waals surface area contributed by atoms with E-state index in [0.717, 1.165) is 33.2 Å². The number of hydrogen-bond donors (Lipinski definition) is 2. The lowest BCUT2D eigenvalue weighted by atomic mass is 9.97. The Balaban J connectivity index is 1.23. The van der Waals surface area contributed by atoms with Gasteiger partial charge in [-0.3, -0.25) is 19.2 Å². The first-order valence-corrected chi connectivity index (χ1v) is 18.2. The number of aromatic nitrogens is 1. The van der Waals surface area contributed by atoms with Gasteiger partial charge in [0.15, 0.2) is 5.78 Å². The van der Waals surface area contributed by atoms with Crippen molar-refractivity contribution in [1.29, 1.82) is 0 Å². The molecular formula is C43H44N6O5. The van der Waals surface area contributed by atoms with E-state index in [1.807, 2.05) is 78.5 Å². The Labute approximate surface area is 314 Å². The molecule has 4 aromatic carbocycles. The number of nitrogen functional groups attached to an aromatic ring is 1. The van der Waals surface area contributed by atoms with E-state index < -0.39 is 12.2 Å². The number of benzene rings is 4. The Hall–Kier alpha value is -6.20. The number of aromatic hydroxyl groups is 1. The number of phenolic OH excluding ortho intramolecular Hbond substituents is 1. The second-order valence-corrected chi connectivity index (χ2v) is 14.1. The molecule has 54 heavy (non-hydrogen) atoms. The van der Waals surface area contributed by atoms with Crippen LogP contribution in [-0.4, -0.2) is 84.8 Å². The number of nitrogens with zero attached hydrogens (tertiary/aromatic N) is 5. The van der Waals surface area contributed by atoms with E-state index in [0.29, 0.717) is 17.7 Å². The Morgan fingerprint density at radius 1 is 0.907 bits per heavy atom. The van der Waals surface area contributed by atoms with Gasteiger partial charge in [0.2, 0.25) is 17.7 Å². The van der Waals surface area contributed by atoms with E-state index in [9.17, 15) is 24.3 Å². The second-order valence-electron chi connectivity index (χ2n) is 14.1. The minimum atomic E-state index is -0.902. The fourth-order valence-corrected chi connectivity index (χ4v) is 7.79. The fraction of sp³-hybridized carbons (Fsp3) is 0.256. The smallest absolute Gasteiger partial charge is 0.246 e. The number of anilines is 1. The molecule has 1 unspecified atom stereocenters. The summed E-state index contributed by atoms with van der Waals surface area (Å²) in [6.07, 6.45) is 3.88. The lowest BCUT2D eigenvalue weighted by Gasteiger charge is -2.55. The summed E-state index contributed by atoms with van der Waals surface area (Å²) in [7, 11) is 1.89. The Bertz CT molecular complexity index is 2200. The van der Waals surface area contributed by atoms with Gasteiger partial charge in [-0.2, -0.15) is 0 Å². The van der Waals surface area contributed by atoms with Crippen LogP contribution in [0, 0.1) is 0 Å². The summed E-state index contributed by atoms with van der Waals surface area (Å²) in [6.45, 7) is 4.37. The Kier molecular flexibility index (Phi) is 10.3. The van der Waals surface area contributed by atoms with Gasteiger partial charge in [0, 0.05) is 62.2 Å². The second kappa shape index (κ2) is 15.4. The largest absolute Gasteiger partial charge is 0.508 e. The number of carbonyl (C=O) groups excluding carboxylic acids is 4. The summed E-state index contributed by atoms with van der Waals surface area (Å²) < 4.78 is 1.92. The predicted octanol–water partition coefficient (Wildman–Crippen LogP) is 4.88. The maximum absolute atomic E-state index is 14.6. The van der Waals surface area contributed by atoms with Crippen LogP contribution in [0.3, 0.4) is 0 Å². The molecule has 2 atom stereocenters. The van der Waals surface area contributed by atoms with Crippen LogP contribution in [0.4, 0.5) is 5.69 Å². The molecule has 0 radical (unpaired) electrons. The van der Waals surface area contributed by atoms with Crippen LogP contribution < -0.4 is 5.73 Å². The standard InChI is InChI=1S/C43H44N6O5/c1-3-22-47-28-41(53)48-37(23-30-14-19-34(50)20-15-30)43(54)46(27-39(48)49(47)40(52)21-16-29-8-5-4-6-9-29)25-32-10-7-11-35-36(26-45(2)42(32)35)38(51)24-31-12-17-33(44)18-13-31/h3-15,17-20,26,37,39,50H,1,16,21-25,27-28,44H2,2H3/t37-,39?/m0/s1. The zero-order chi connectivity index (χ0) is 37.9. The molecule has 3 N–H and O–H groups in total. The van der Waals surface area contributed by atoms with Crippen molar-refractivity contribution in [2.45, 2.75) is 44.4 Å². The number of phenols is 1. The van der Waals surface area contributed by atoms with Crippen molar-refractivity contribution in [1.82, 2.24) is 24.4 Å². The number of fused-ring (bicyclic) bond motifs is 2. The summed E-state index contributed by atoms with van der Waals surface area (Å²) in [5.74, 6) is -0.588. The van der Waals surface area contributed by atoms with Crippen LogP contribution in [0.25, 0.3) is 10.9 Å². The van der Waals surface area contributed by atoms with Crippen LogP contribution >= 0.6 is 0 Å². The number of Topliss-reactive ketones (excluding diaryl/α,β-unsaturated/α-hetero) is 1. The number of para-hydroxylation sites is 1. The number of hydrazine groups is 1. The molecule has 2 fully saturated rings. The molecule has 0 saturated carbocycles. The van der Waals surface area contributed by atoms with Crippen LogP contribution in [0.5, 0.6) is 5.75 Å². The van der Waals surface area contributed by atoms with Crippen molar-refractivity contribution in [3.63, 3.8) is 0 Å². The lowest BCUT2D eigenvalue weighted by molar-refractivity contribution is -0.205. The third kappa shape index (κ3) is 7.35. The molecule has 0 bridgehead atoms. The highest BCUT2D eigenvalue weighted by Crippen LogP contribution is 2.32. The SMILES string of the molecule is C=CCN1CC(=O)N2C(CN(Cc3cccc4c(C(=O)Cc5ccc(N)cc5)cn(C)c34)C(=O)[C@@H]2Cc2ccc(O)cc2)N1C(=O)CCc1ccccc1. The van der Waals surface area contributed by atoms with Crippen LogP contribution in [0.1, 0.15) is 39.0 Å². The molecule has 7 rings (SSSR count). The number of amides is 3.